The predicted octanol–water partition coefficient (Wildman–Crippen LogP) is 2.53. The molecule has 3 aliphatic rings. The van der Waals surface area contributed by atoms with Crippen LogP contribution in [0.5, 0.6) is 0 Å². The summed E-state index contributed by atoms with van der Waals surface area (Å²) < 4.78 is 22.1. The Bertz CT molecular complexity index is 689. The first kappa shape index (κ1) is 13.1. The summed E-state index contributed by atoms with van der Waals surface area (Å²) >= 11 is 0. The van der Waals surface area contributed by atoms with E-state index in [1.54, 1.807) is 0 Å². The summed E-state index contributed by atoms with van der Waals surface area (Å²) in [7, 11) is -2.72. The summed E-state index contributed by atoms with van der Waals surface area (Å²) in [4.78, 5) is 0. The van der Waals surface area contributed by atoms with Gasteiger partial charge >= 0.3 is 0 Å². The van der Waals surface area contributed by atoms with Gasteiger partial charge in [0.2, 0.25) is 7.29 Å². The van der Waals surface area contributed by atoms with Crippen LogP contribution in [0.1, 0.15) is 12.8 Å². The second kappa shape index (κ2) is 4.55. The van der Waals surface area contributed by atoms with E-state index in [4.69, 9.17) is 4.74 Å². The van der Waals surface area contributed by atoms with Crippen LogP contribution in [0.15, 0.2) is 60.7 Å². The van der Waals surface area contributed by atoms with Crippen LogP contribution in [-0.2, 0) is 9.30 Å². The number of ether oxygens (including phenoxy) is 1. The number of rotatable bonds is 3. The third-order valence-electron chi connectivity index (χ3n) is 5.21. The van der Waals surface area contributed by atoms with Gasteiger partial charge in [-0.3, -0.25) is 4.57 Å². The molecule has 2 saturated heterocycles. The molecule has 0 bridgehead atoms. The van der Waals surface area contributed by atoms with Crippen molar-refractivity contribution in [3.05, 3.63) is 60.7 Å². The fourth-order valence-corrected chi connectivity index (χ4v) is 7.27. The second-order valence-electron chi connectivity index (χ2n) is 6.45. The normalized spacial score (nSPS) is 35.4. The molecule has 2 aromatic rings. The van der Waals surface area contributed by atoms with Crippen molar-refractivity contribution in [2.75, 3.05) is 0 Å². The fourth-order valence-electron chi connectivity index (χ4n) is 4.01. The Kier molecular flexibility index (Phi) is 2.70. The molecule has 4 heteroatoms. The maximum absolute atomic E-state index is 14.2. The number of benzene rings is 2. The second-order valence-corrected chi connectivity index (χ2v) is 9.09. The van der Waals surface area contributed by atoms with E-state index < -0.39 is 7.29 Å². The quantitative estimate of drug-likeness (QED) is 0.645. The first-order valence-corrected chi connectivity index (χ1v) is 9.60. The monoisotopic (exact) mass is 311 g/mol. The van der Waals surface area contributed by atoms with Crippen LogP contribution in [0.4, 0.5) is 0 Å². The van der Waals surface area contributed by atoms with Crippen molar-refractivity contribution in [1.29, 1.82) is 0 Å². The average Bonchev–Trinajstić information content (AvgIpc) is 3.48. The minimum absolute atomic E-state index is 0.422. The molecule has 0 aromatic heterocycles. The molecule has 112 valence electrons. The molecular weight excluding hydrogens is 293 g/mol. The molecule has 22 heavy (non-hydrogen) atoms. The Morgan fingerprint density at radius 2 is 1.27 bits per heavy atom. The van der Waals surface area contributed by atoms with Crippen molar-refractivity contribution in [3.63, 3.8) is 0 Å². The Labute approximate surface area is 130 Å². The van der Waals surface area contributed by atoms with E-state index >= 15 is 0 Å². The third kappa shape index (κ3) is 1.80. The molecule has 3 nitrogen and oxygen atoms in total. The first-order valence-electron chi connectivity index (χ1n) is 7.94. The molecule has 3 fully saturated rings. The van der Waals surface area contributed by atoms with E-state index in [0.29, 0.717) is 24.3 Å². The molecule has 5 rings (SSSR count). The van der Waals surface area contributed by atoms with E-state index in [-0.39, 0.29) is 0 Å². The van der Waals surface area contributed by atoms with Crippen molar-refractivity contribution < 1.29 is 9.30 Å². The third-order valence-corrected chi connectivity index (χ3v) is 8.45. The maximum Gasteiger partial charge on any atom is 0.207 e. The summed E-state index contributed by atoms with van der Waals surface area (Å²) in [6, 6.07) is 20.8. The van der Waals surface area contributed by atoms with E-state index in [2.05, 4.69) is 4.67 Å². The lowest BCUT2D eigenvalue weighted by Crippen LogP contribution is -2.23. The van der Waals surface area contributed by atoms with E-state index in [9.17, 15) is 4.57 Å². The average molecular weight is 311 g/mol. The maximum atomic E-state index is 14.2. The molecular formula is C18H18NO2P. The number of hydrogen-bond donors (Lipinski definition) is 0. The molecule has 2 aliphatic heterocycles. The Morgan fingerprint density at radius 3 is 1.73 bits per heavy atom. The molecule has 0 N–H and O–H groups in total. The topological polar surface area (TPSA) is 32.6 Å². The molecule has 0 spiro atoms. The van der Waals surface area contributed by atoms with E-state index in [1.165, 1.54) is 0 Å². The highest BCUT2D eigenvalue weighted by Gasteiger charge is 2.65. The van der Waals surface area contributed by atoms with Crippen molar-refractivity contribution >= 4 is 17.9 Å². The minimum Gasteiger partial charge on any atom is -0.369 e. The highest BCUT2D eigenvalue weighted by Crippen LogP contribution is 2.63. The van der Waals surface area contributed by atoms with Crippen molar-refractivity contribution in [2.24, 2.45) is 0 Å². The van der Waals surface area contributed by atoms with Crippen LogP contribution in [-0.4, -0.2) is 29.0 Å². The van der Waals surface area contributed by atoms with Gasteiger partial charge in [-0.05, 0) is 37.1 Å². The van der Waals surface area contributed by atoms with E-state index in [1.807, 2.05) is 60.7 Å². The van der Waals surface area contributed by atoms with Gasteiger partial charge in [-0.15, -0.1) is 0 Å². The van der Waals surface area contributed by atoms with E-state index in [0.717, 1.165) is 23.5 Å². The van der Waals surface area contributed by atoms with Gasteiger partial charge in [0.15, 0.2) is 0 Å². The van der Waals surface area contributed by atoms with Crippen molar-refractivity contribution in [3.8, 4) is 0 Å². The lowest BCUT2D eigenvalue weighted by Gasteiger charge is -2.22. The lowest BCUT2D eigenvalue weighted by molar-refractivity contribution is 0.357. The van der Waals surface area contributed by atoms with Crippen LogP contribution < -0.4 is 10.6 Å². The van der Waals surface area contributed by atoms with Crippen LogP contribution in [0.2, 0.25) is 0 Å². The molecule has 1 aliphatic carbocycles. The molecule has 2 heterocycles. The molecule has 1 unspecified atom stereocenters. The Morgan fingerprint density at radius 1 is 0.818 bits per heavy atom. The zero-order valence-corrected chi connectivity index (χ0v) is 13.1. The molecule has 0 radical (unpaired) electrons. The highest BCUT2D eigenvalue weighted by atomic mass is 31.2. The first-order chi connectivity index (χ1) is 10.8. The molecule has 5 atom stereocenters. The summed E-state index contributed by atoms with van der Waals surface area (Å²) in [5.74, 6) is 0. The fraction of sp³-hybridized carbons (Fsp3) is 0.333. The minimum atomic E-state index is -2.72. The SMILES string of the molecule is O=P(c1ccccc1)(c1ccccc1)N1[C@@H]2C[C@@H]3O[C@@H]3C[C@@H]21. The summed E-state index contributed by atoms with van der Waals surface area (Å²) in [6.45, 7) is 0. The zero-order chi connectivity index (χ0) is 14.7. The highest BCUT2D eigenvalue weighted by molar-refractivity contribution is 7.76. The number of fused-ring (bicyclic) bond motifs is 2. The van der Waals surface area contributed by atoms with Crippen molar-refractivity contribution in [1.82, 2.24) is 4.67 Å². The van der Waals surface area contributed by atoms with Gasteiger partial charge in [0.05, 0.1) is 12.2 Å². The van der Waals surface area contributed by atoms with Gasteiger partial charge in [-0.1, -0.05) is 36.4 Å². The van der Waals surface area contributed by atoms with Gasteiger partial charge in [0, 0.05) is 22.7 Å². The molecule has 2 aromatic carbocycles. The smallest absolute Gasteiger partial charge is 0.207 e. The van der Waals surface area contributed by atoms with Crippen LogP contribution in [0.25, 0.3) is 0 Å². The summed E-state index contributed by atoms with van der Waals surface area (Å²) in [5, 5.41) is 1.90. The Hall–Kier alpha value is -1.41. The number of hydrogen-bond acceptors (Lipinski definition) is 2. The van der Waals surface area contributed by atoms with Gasteiger partial charge in [-0.2, -0.15) is 0 Å². The zero-order valence-electron chi connectivity index (χ0n) is 12.2. The predicted molar refractivity (Wildman–Crippen MR) is 87.1 cm³/mol. The van der Waals surface area contributed by atoms with Crippen LogP contribution >= 0.6 is 7.29 Å². The Balaban J connectivity index is 1.60. The molecule has 1 saturated carbocycles. The van der Waals surface area contributed by atoms with Gasteiger partial charge in [0.1, 0.15) is 0 Å². The van der Waals surface area contributed by atoms with Crippen LogP contribution in [0.3, 0.4) is 0 Å². The number of epoxide rings is 1. The summed E-state index contributed by atoms with van der Waals surface area (Å²) in [5.41, 5.74) is 0. The van der Waals surface area contributed by atoms with Gasteiger partial charge in [0.25, 0.3) is 0 Å². The lowest BCUT2D eigenvalue weighted by atomic mass is 10.0. The van der Waals surface area contributed by atoms with Gasteiger partial charge in [-0.25, -0.2) is 4.67 Å². The molecule has 0 amide bonds. The van der Waals surface area contributed by atoms with Gasteiger partial charge < -0.3 is 4.74 Å². The van der Waals surface area contributed by atoms with Crippen LogP contribution in [0, 0.1) is 0 Å². The largest absolute Gasteiger partial charge is 0.369 e. The van der Waals surface area contributed by atoms with Crippen molar-refractivity contribution in [2.45, 2.75) is 37.1 Å². The standard InChI is InChI=1S/C18H18NO2P/c20-22(13-7-3-1-4-8-13,14-9-5-2-6-10-14)19-15-11-17-18(21-17)12-16(15)19/h1-10,15-18H,11-12H2/t15-,16+,17+,18-,19?. The summed E-state index contributed by atoms with van der Waals surface area (Å²) in [6.07, 6.45) is 2.93. The number of nitrogens with zero attached hydrogens (tertiary/aromatic N) is 1.